The van der Waals surface area contributed by atoms with Gasteiger partial charge in [0, 0.05) is 37.6 Å². The largest absolute Gasteiger partial charge is 0.505 e. The molecule has 7 nitrogen and oxygen atoms in total. The molecule has 2 N–H and O–H groups in total. The second-order valence-electron chi connectivity index (χ2n) is 5.45. The summed E-state index contributed by atoms with van der Waals surface area (Å²) in [6.45, 7) is 1.31. The van der Waals surface area contributed by atoms with Crippen LogP contribution in [0.3, 0.4) is 0 Å². The first-order valence-corrected chi connectivity index (χ1v) is 9.04. The third-order valence-corrected chi connectivity index (χ3v) is 5.84. The minimum Gasteiger partial charge on any atom is -0.505 e. The highest BCUT2D eigenvalue weighted by Gasteiger charge is 2.21. The maximum Gasteiger partial charge on any atom is 0.244 e. The van der Waals surface area contributed by atoms with Crippen molar-refractivity contribution in [2.45, 2.75) is 18.4 Å². The fourth-order valence-electron chi connectivity index (χ4n) is 2.03. The third kappa shape index (κ3) is 3.98. The predicted molar refractivity (Wildman–Crippen MR) is 96.1 cm³/mol. The minimum absolute atomic E-state index is 0.0636. The van der Waals surface area contributed by atoms with E-state index in [-0.39, 0.29) is 22.3 Å². The summed E-state index contributed by atoms with van der Waals surface area (Å²) < 4.78 is 25.6. The Labute approximate surface area is 151 Å². The van der Waals surface area contributed by atoms with Crippen LogP contribution in [0, 0.1) is 6.92 Å². The number of rotatable bonds is 5. The Morgan fingerprint density at radius 2 is 2.04 bits per heavy atom. The number of aromatic hydroxyl groups is 1. The first-order valence-electron chi connectivity index (χ1n) is 7.23. The molecule has 1 aromatic heterocycles. The Morgan fingerprint density at radius 3 is 2.64 bits per heavy atom. The van der Waals surface area contributed by atoms with Gasteiger partial charge < -0.3 is 10.2 Å². The first kappa shape index (κ1) is 19.3. The van der Waals surface area contributed by atoms with Gasteiger partial charge in [-0.25, -0.2) is 12.7 Å². The fraction of sp³-hybridized carbons (Fsp3) is 0.250. The molecule has 0 atom stereocenters. The molecule has 0 aliphatic rings. The molecular weight excluding hydrogens is 366 g/mol. The van der Waals surface area contributed by atoms with E-state index < -0.39 is 10.0 Å². The highest BCUT2D eigenvalue weighted by Crippen LogP contribution is 2.29. The van der Waals surface area contributed by atoms with Crippen LogP contribution in [0.15, 0.2) is 34.3 Å². The van der Waals surface area contributed by atoms with E-state index in [1.165, 1.54) is 38.6 Å². The lowest BCUT2D eigenvalue weighted by Crippen LogP contribution is -2.22. The van der Waals surface area contributed by atoms with Crippen molar-refractivity contribution in [1.82, 2.24) is 9.29 Å². The Hall–Kier alpha value is -2.00. The number of halogens is 1. The molecule has 0 amide bonds. The fourth-order valence-corrected chi connectivity index (χ4v) is 3.42. The van der Waals surface area contributed by atoms with Crippen LogP contribution in [0.5, 0.6) is 5.75 Å². The monoisotopic (exact) mass is 383 g/mol. The van der Waals surface area contributed by atoms with Gasteiger partial charge in [0.1, 0.15) is 10.6 Å². The van der Waals surface area contributed by atoms with E-state index in [0.717, 1.165) is 4.31 Å². The van der Waals surface area contributed by atoms with Crippen molar-refractivity contribution in [2.75, 3.05) is 14.1 Å². The molecule has 0 aliphatic carbocycles. The lowest BCUT2D eigenvalue weighted by atomic mass is 10.1. The first-order chi connectivity index (χ1) is 11.7. The van der Waals surface area contributed by atoms with Crippen molar-refractivity contribution in [3.63, 3.8) is 0 Å². The van der Waals surface area contributed by atoms with Crippen LogP contribution in [-0.4, -0.2) is 48.2 Å². The molecule has 1 aromatic carbocycles. The molecule has 2 aromatic rings. The van der Waals surface area contributed by atoms with E-state index >= 15 is 0 Å². The second kappa shape index (κ2) is 7.49. The van der Waals surface area contributed by atoms with Crippen LogP contribution in [-0.2, 0) is 16.6 Å². The van der Waals surface area contributed by atoms with Crippen molar-refractivity contribution in [2.24, 2.45) is 4.99 Å². The summed E-state index contributed by atoms with van der Waals surface area (Å²) in [5.41, 5.74) is 1.46. The van der Waals surface area contributed by atoms with E-state index in [9.17, 15) is 18.6 Å². The summed E-state index contributed by atoms with van der Waals surface area (Å²) in [4.78, 5) is 8.10. The molecule has 0 aliphatic heterocycles. The van der Waals surface area contributed by atoms with E-state index in [4.69, 9.17) is 11.6 Å². The standard InChI is InChI=1S/C16H18ClN3O4S/c1-10-16(22)13(11(9-21)7-18-10)8-19-12-4-5-14(17)15(6-12)25(23,24)20(2)3/h4-8,21-22H,9H2,1-3H3. The molecule has 25 heavy (non-hydrogen) atoms. The van der Waals surface area contributed by atoms with Gasteiger partial charge in [0.2, 0.25) is 10.0 Å². The van der Waals surface area contributed by atoms with Gasteiger partial charge in [0.15, 0.2) is 0 Å². The van der Waals surface area contributed by atoms with E-state index in [2.05, 4.69) is 9.98 Å². The number of hydrogen-bond acceptors (Lipinski definition) is 6. The van der Waals surface area contributed by atoms with Crippen LogP contribution in [0.4, 0.5) is 5.69 Å². The Balaban J connectivity index is 2.50. The van der Waals surface area contributed by atoms with Gasteiger partial charge >= 0.3 is 0 Å². The zero-order chi connectivity index (χ0) is 18.8. The molecular formula is C16H18ClN3O4S. The number of pyridine rings is 1. The predicted octanol–water partition coefficient (Wildman–Crippen LogP) is 2.24. The number of aromatic nitrogens is 1. The highest BCUT2D eigenvalue weighted by molar-refractivity contribution is 7.89. The summed E-state index contributed by atoms with van der Waals surface area (Å²) in [5.74, 6) is -0.0922. The summed E-state index contributed by atoms with van der Waals surface area (Å²) in [7, 11) is -0.893. The van der Waals surface area contributed by atoms with Gasteiger partial charge in [-0.1, -0.05) is 11.6 Å². The third-order valence-electron chi connectivity index (χ3n) is 3.54. The van der Waals surface area contributed by atoms with Crippen LogP contribution in [0.2, 0.25) is 5.02 Å². The highest BCUT2D eigenvalue weighted by atomic mass is 35.5. The van der Waals surface area contributed by atoms with Crippen LogP contribution in [0.1, 0.15) is 16.8 Å². The number of aliphatic hydroxyl groups excluding tert-OH is 1. The maximum absolute atomic E-state index is 12.3. The summed E-state index contributed by atoms with van der Waals surface area (Å²) in [5, 5.41) is 19.6. The van der Waals surface area contributed by atoms with Gasteiger partial charge in [-0.05, 0) is 25.1 Å². The summed E-state index contributed by atoms with van der Waals surface area (Å²) >= 11 is 6.00. The van der Waals surface area contributed by atoms with Gasteiger partial charge in [0.05, 0.1) is 23.0 Å². The van der Waals surface area contributed by atoms with Gasteiger partial charge in [-0.2, -0.15) is 0 Å². The van der Waals surface area contributed by atoms with E-state index in [1.54, 1.807) is 13.0 Å². The molecule has 0 saturated heterocycles. The number of sulfonamides is 1. The number of aryl methyl sites for hydroxylation is 1. The SMILES string of the molecule is Cc1ncc(CO)c(C=Nc2ccc(Cl)c(S(=O)(=O)N(C)C)c2)c1O. The molecule has 0 spiro atoms. The van der Waals surface area contributed by atoms with Crippen molar-refractivity contribution < 1.29 is 18.6 Å². The summed E-state index contributed by atoms with van der Waals surface area (Å²) in [6, 6.07) is 4.34. The molecule has 0 radical (unpaired) electrons. The number of aliphatic hydroxyl groups is 1. The number of benzene rings is 1. The number of aliphatic imine (C=N–C) groups is 1. The normalized spacial score (nSPS) is 12.2. The van der Waals surface area contributed by atoms with E-state index in [0.29, 0.717) is 22.5 Å². The molecule has 0 bridgehead atoms. The molecule has 1 heterocycles. The molecule has 0 unspecified atom stereocenters. The van der Waals surface area contributed by atoms with Gasteiger partial charge in [-0.15, -0.1) is 0 Å². The maximum atomic E-state index is 12.3. The molecule has 9 heteroatoms. The van der Waals surface area contributed by atoms with Crippen molar-refractivity contribution in [3.05, 3.63) is 46.2 Å². The topological polar surface area (TPSA) is 103 Å². The number of nitrogens with zero attached hydrogens (tertiary/aromatic N) is 3. The van der Waals surface area contributed by atoms with E-state index in [1.807, 2.05) is 0 Å². The minimum atomic E-state index is -3.71. The zero-order valence-corrected chi connectivity index (χ0v) is 15.5. The lowest BCUT2D eigenvalue weighted by molar-refractivity contribution is 0.280. The lowest BCUT2D eigenvalue weighted by Gasteiger charge is -2.13. The van der Waals surface area contributed by atoms with Crippen LogP contribution < -0.4 is 0 Å². The van der Waals surface area contributed by atoms with Crippen molar-refractivity contribution in [1.29, 1.82) is 0 Å². The molecule has 2 rings (SSSR count). The average molecular weight is 384 g/mol. The Bertz CT molecular complexity index is 927. The van der Waals surface area contributed by atoms with Crippen molar-refractivity contribution in [3.8, 4) is 5.75 Å². The van der Waals surface area contributed by atoms with Crippen LogP contribution in [0.25, 0.3) is 0 Å². The quantitative estimate of drug-likeness (QED) is 0.771. The molecule has 0 fully saturated rings. The van der Waals surface area contributed by atoms with Gasteiger partial charge in [-0.3, -0.25) is 9.98 Å². The number of hydrogen-bond donors (Lipinski definition) is 2. The Kier molecular flexibility index (Phi) is 5.79. The van der Waals surface area contributed by atoms with Crippen molar-refractivity contribution >= 4 is 33.5 Å². The van der Waals surface area contributed by atoms with Crippen LogP contribution >= 0.6 is 11.6 Å². The molecule has 0 saturated carbocycles. The average Bonchev–Trinajstić information content (AvgIpc) is 2.57. The zero-order valence-electron chi connectivity index (χ0n) is 13.9. The Morgan fingerprint density at radius 1 is 1.36 bits per heavy atom. The van der Waals surface area contributed by atoms with Gasteiger partial charge in [0.25, 0.3) is 0 Å². The molecule has 134 valence electrons. The second-order valence-corrected chi connectivity index (χ2v) is 7.98. The summed E-state index contributed by atoms with van der Waals surface area (Å²) in [6.07, 6.45) is 2.80. The smallest absolute Gasteiger partial charge is 0.244 e.